The maximum atomic E-state index is 10.3. The van der Waals surface area contributed by atoms with Gasteiger partial charge < -0.3 is 5.11 Å². The molecule has 0 aliphatic rings. The SMILES string of the molecule is C[C@](O)(CCc1ccccc1)C[N+](=O)[O-]. The molecule has 0 aromatic heterocycles. The van der Waals surface area contributed by atoms with E-state index in [1.807, 2.05) is 30.3 Å². The van der Waals surface area contributed by atoms with Crippen LogP contribution in [0.25, 0.3) is 0 Å². The Morgan fingerprint density at radius 2 is 2.00 bits per heavy atom. The molecule has 1 aromatic rings. The van der Waals surface area contributed by atoms with Crippen LogP contribution in [0.15, 0.2) is 30.3 Å². The van der Waals surface area contributed by atoms with E-state index in [-0.39, 0.29) is 0 Å². The van der Waals surface area contributed by atoms with Crippen LogP contribution in [0.4, 0.5) is 0 Å². The zero-order valence-corrected chi connectivity index (χ0v) is 8.72. The van der Waals surface area contributed by atoms with Crippen LogP contribution in [0.5, 0.6) is 0 Å². The van der Waals surface area contributed by atoms with Crippen LogP contribution >= 0.6 is 0 Å². The lowest BCUT2D eigenvalue weighted by molar-refractivity contribution is -0.499. The number of aliphatic hydroxyl groups is 1. The molecule has 0 aliphatic carbocycles. The first kappa shape index (κ1) is 11.7. The predicted octanol–water partition coefficient (Wildman–Crippen LogP) is 1.65. The largest absolute Gasteiger partial charge is 0.383 e. The molecule has 15 heavy (non-hydrogen) atoms. The molecule has 0 heterocycles. The number of hydrogen-bond donors (Lipinski definition) is 1. The second-order valence-electron chi connectivity index (χ2n) is 3.97. The number of rotatable bonds is 5. The van der Waals surface area contributed by atoms with E-state index in [0.29, 0.717) is 12.8 Å². The molecule has 0 saturated heterocycles. The first-order valence-corrected chi connectivity index (χ1v) is 4.88. The molecule has 0 fully saturated rings. The minimum Gasteiger partial charge on any atom is -0.383 e. The molecule has 0 amide bonds. The summed E-state index contributed by atoms with van der Waals surface area (Å²) in [6.07, 6.45) is 1.06. The molecule has 1 rings (SSSR count). The van der Waals surface area contributed by atoms with Crippen molar-refractivity contribution in [3.63, 3.8) is 0 Å². The smallest absolute Gasteiger partial charge is 0.231 e. The zero-order valence-electron chi connectivity index (χ0n) is 8.72. The molecule has 0 unspecified atom stereocenters. The van der Waals surface area contributed by atoms with E-state index in [2.05, 4.69) is 0 Å². The summed E-state index contributed by atoms with van der Waals surface area (Å²) in [6, 6.07) is 9.64. The first-order valence-electron chi connectivity index (χ1n) is 4.88. The van der Waals surface area contributed by atoms with Crippen LogP contribution in [-0.2, 0) is 6.42 Å². The lowest BCUT2D eigenvalue weighted by Crippen LogP contribution is -2.33. The Hall–Kier alpha value is -1.42. The van der Waals surface area contributed by atoms with Gasteiger partial charge >= 0.3 is 0 Å². The van der Waals surface area contributed by atoms with E-state index < -0.39 is 17.1 Å². The van der Waals surface area contributed by atoms with Crippen molar-refractivity contribution < 1.29 is 10.0 Å². The third-order valence-electron chi connectivity index (χ3n) is 2.26. The fourth-order valence-electron chi connectivity index (χ4n) is 1.42. The minimum atomic E-state index is -1.22. The lowest BCUT2D eigenvalue weighted by atomic mass is 9.97. The van der Waals surface area contributed by atoms with Crippen LogP contribution in [-0.4, -0.2) is 22.2 Å². The highest BCUT2D eigenvalue weighted by Crippen LogP contribution is 2.14. The van der Waals surface area contributed by atoms with Crippen molar-refractivity contribution in [3.8, 4) is 0 Å². The fourth-order valence-corrected chi connectivity index (χ4v) is 1.42. The second kappa shape index (κ2) is 4.89. The maximum Gasteiger partial charge on any atom is 0.231 e. The number of benzene rings is 1. The number of hydrogen-bond acceptors (Lipinski definition) is 3. The summed E-state index contributed by atoms with van der Waals surface area (Å²) in [5.74, 6) is 0. The van der Waals surface area contributed by atoms with Gasteiger partial charge in [-0.3, -0.25) is 10.1 Å². The average molecular weight is 209 g/mol. The van der Waals surface area contributed by atoms with E-state index >= 15 is 0 Å². The molecule has 0 saturated carbocycles. The highest BCUT2D eigenvalue weighted by atomic mass is 16.6. The molecular formula is C11H15NO3. The summed E-state index contributed by atoms with van der Waals surface area (Å²) in [5.41, 5.74) is -0.139. The minimum absolute atomic E-state index is 0.401. The number of nitro groups is 1. The van der Waals surface area contributed by atoms with Crippen molar-refractivity contribution in [1.29, 1.82) is 0 Å². The van der Waals surface area contributed by atoms with Gasteiger partial charge in [-0.1, -0.05) is 30.3 Å². The standard InChI is InChI=1S/C11H15NO3/c1-11(13,9-12(14)15)8-7-10-5-3-2-4-6-10/h2-6,13H,7-9H2,1H3/t11-/m0/s1. The number of aryl methyl sites for hydroxylation is 1. The Morgan fingerprint density at radius 3 is 2.53 bits per heavy atom. The fraction of sp³-hybridized carbons (Fsp3) is 0.455. The molecular weight excluding hydrogens is 194 g/mol. The van der Waals surface area contributed by atoms with Crippen LogP contribution < -0.4 is 0 Å². The first-order chi connectivity index (χ1) is 6.99. The molecule has 0 spiro atoms. The Bertz CT molecular complexity index is 322. The van der Waals surface area contributed by atoms with Gasteiger partial charge in [0.05, 0.1) is 0 Å². The molecule has 1 atom stereocenters. The summed E-state index contributed by atoms with van der Waals surface area (Å²) in [7, 11) is 0. The van der Waals surface area contributed by atoms with Crippen LogP contribution in [0, 0.1) is 10.1 Å². The Kier molecular flexibility index (Phi) is 3.80. The third kappa shape index (κ3) is 4.56. The van der Waals surface area contributed by atoms with Crippen molar-refractivity contribution in [2.24, 2.45) is 0 Å². The van der Waals surface area contributed by atoms with Crippen LogP contribution in [0.2, 0.25) is 0 Å². The molecule has 82 valence electrons. The second-order valence-corrected chi connectivity index (χ2v) is 3.97. The summed E-state index contributed by atoms with van der Waals surface area (Å²) in [5, 5.41) is 20.0. The van der Waals surface area contributed by atoms with Crippen molar-refractivity contribution in [2.75, 3.05) is 6.54 Å². The summed E-state index contributed by atoms with van der Waals surface area (Å²) in [4.78, 5) is 9.79. The third-order valence-corrected chi connectivity index (χ3v) is 2.26. The molecule has 1 N–H and O–H groups in total. The van der Waals surface area contributed by atoms with Gasteiger partial charge in [-0.15, -0.1) is 0 Å². The van der Waals surface area contributed by atoms with Crippen molar-refractivity contribution >= 4 is 0 Å². The quantitative estimate of drug-likeness (QED) is 0.592. The highest BCUT2D eigenvalue weighted by Gasteiger charge is 2.26. The van der Waals surface area contributed by atoms with Gasteiger partial charge in [0, 0.05) is 4.92 Å². The topological polar surface area (TPSA) is 63.4 Å². The molecule has 4 nitrogen and oxygen atoms in total. The Balaban J connectivity index is 2.46. The lowest BCUT2D eigenvalue weighted by Gasteiger charge is -2.17. The van der Waals surface area contributed by atoms with Crippen molar-refractivity contribution in [1.82, 2.24) is 0 Å². The van der Waals surface area contributed by atoms with Gasteiger partial charge in [-0.05, 0) is 25.3 Å². The Morgan fingerprint density at radius 1 is 1.40 bits per heavy atom. The normalized spacial score (nSPS) is 14.5. The van der Waals surface area contributed by atoms with Crippen LogP contribution in [0.3, 0.4) is 0 Å². The van der Waals surface area contributed by atoms with Gasteiger partial charge in [0.2, 0.25) is 6.54 Å². The van der Waals surface area contributed by atoms with Gasteiger partial charge in [-0.25, -0.2) is 0 Å². The van der Waals surface area contributed by atoms with E-state index in [1.165, 1.54) is 6.92 Å². The maximum absolute atomic E-state index is 10.3. The molecule has 4 heteroatoms. The predicted molar refractivity (Wildman–Crippen MR) is 57.2 cm³/mol. The van der Waals surface area contributed by atoms with E-state index in [9.17, 15) is 15.2 Å². The van der Waals surface area contributed by atoms with Gasteiger partial charge in [-0.2, -0.15) is 0 Å². The van der Waals surface area contributed by atoms with Gasteiger partial charge in [0.1, 0.15) is 5.60 Å². The van der Waals surface area contributed by atoms with E-state index in [4.69, 9.17) is 0 Å². The van der Waals surface area contributed by atoms with Gasteiger partial charge in [0.25, 0.3) is 0 Å². The van der Waals surface area contributed by atoms with Crippen molar-refractivity contribution in [3.05, 3.63) is 46.0 Å². The summed E-state index contributed by atoms with van der Waals surface area (Å²) < 4.78 is 0. The molecule has 0 bridgehead atoms. The molecule has 0 aliphatic heterocycles. The molecule has 1 aromatic carbocycles. The van der Waals surface area contributed by atoms with Gasteiger partial charge in [0.15, 0.2) is 0 Å². The number of nitrogens with zero attached hydrogens (tertiary/aromatic N) is 1. The van der Waals surface area contributed by atoms with E-state index in [1.54, 1.807) is 0 Å². The average Bonchev–Trinajstić information content (AvgIpc) is 2.15. The Labute approximate surface area is 88.7 Å². The van der Waals surface area contributed by atoms with E-state index in [0.717, 1.165) is 5.56 Å². The summed E-state index contributed by atoms with van der Waals surface area (Å²) >= 11 is 0. The highest BCUT2D eigenvalue weighted by molar-refractivity contribution is 5.14. The molecule has 0 radical (unpaired) electrons. The van der Waals surface area contributed by atoms with Crippen molar-refractivity contribution in [2.45, 2.75) is 25.4 Å². The monoisotopic (exact) mass is 209 g/mol. The summed E-state index contributed by atoms with van der Waals surface area (Å²) in [6.45, 7) is 1.10. The zero-order chi connectivity index (χ0) is 11.3. The van der Waals surface area contributed by atoms with Crippen LogP contribution in [0.1, 0.15) is 18.9 Å².